The molecule has 0 unspecified atom stereocenters. The summed E-state index contributed by atoms with van der Waals surface area (Å²) in [6, 6.07) is 7.71. The van der Waals surface area contributed by atoms with Crippen LogP contribution in [0.1, 0.15) is 85.0 Å². The molecule has 0 aliphatic heterocycles. The summed E-state index contributed by atoms with van der Waals surface area (Å²) >= 11 is 0. The van der Waals surface area contributed by atoms with Crippen LogP contribution >= 0.6 is 0 Å². The second-order valence-electron chi connectivity index (χ2n) is 16.7. The zero-order valence-corrected chi connectivity index (χ0v) is 42.9. The van der Waals surface area contributed by atoms with Crippen molar-refractivity contribution in [3.05, 3.63) is 70.3 Å². The number of hydrogen-bond donors (Lipinski definition) is 5. The van der Waals surface area contributed by atoms with Crippen LogP contribution in [-0.4, -0.2) is 145 Å². The van der Waals surface area contributed by atoms with E-state index in [0.717, 1.165) is 34.2 Å². The fourth-order valence-corrected chi connectivity index (χ4v) is 7.18. The lowest BCUT2D eigenvalue weighted by Gasteiger charge is -2.16. The van der Waals surface area contributed by atoms with Crippen molar-refractivity contribution in [2.24, 2.45) is 0 Å². The fraction of sp³-hybridized carbons (Fsp3) is 0.569. The lowest BCUT2D eigenvalue weighted by atomic mass is 10.0. The molecule has 4 rings (SSSR count). The van der Waals surface area contributed by atoms with Crippen LogP contribution in [0.4, 0.5) is 17.6 Å². The summed E-state index contributed by atoms with van der Waals surface area (Å²) in [5.41, 5.74) is 22.2. The highest BCUT2D eigenvalue weighted by Crippen LogP contribution is 2.39. The van der Waals surface area contributed by atoms with Crippen LogP contribution in [0.15, 0.2) is 36.7 Å². The number of methoxy groups -OCH3 is 3. The number of hydrogen-bond acceptors (Lipinski definition) is 19. The molecule has 0 fully saturated rings. The second kappa shape index (κ2) is 34.2. The average Bonchev–Trinajstić information content (AvgIpc) is 3.36. The van der Waals surface area contributed by atoms with Gasteiger partial charge in [-0.15, -0.1) is 0 Å². The Hall–Kier alpha value is -6.26. The third kappa shape index (κ3) is 22.4. The van der Waals surface area contributed by atoms with E-state index in [1.165, 1.54) is 0 Å². The van der Waals surface area contributed by atoms with Crippen LogP contribution in [0.25, 0.3) is 0 Å². The third-order valence-corrected chi connectivity index (χ3v) is 10.9. The molecule has 0 aliphatic carbocycles. The minimum atomic E-state index is -0.0149. The molecule has 0 bridgehead atoms. The van der Waals surface area contributed by atoms with E-state index in [9.17, 15) is 9.59 Å². The van der Waals surface area contributed by atoms with E-state index >= 15 is 0 Å². The molecular weight excluding hydrogens is 931 g/mol. The molecule has 4 aromatic rings. The van der Waals surface area contributed by atoms with Crippen molar-refractivity contribution in [1.29, 1.82) is 0 Å². The second-order valence-corrected chi connectivity index (χ2v) is 16.7. The predicted molar refractivity (Wildman–Crippen MR) is 273 cm³/mol. The Morgan fingerprint density at radius 2 is 0.917 bits per heavy atom. The van der Waals surface area contributed by atoms with Crippen molar-refractivity contribution in [3.8, 4) is 28.7 Å². The minimum absolute atomic E-state index is 0.0115. The summed E-state index contributed by atoms with van der Waals surface area (Å²) in [6.45, 7) is 10.5. The molecule has 0 spiro atoms. The molecule has 0 radical (unpaired) electrons. The van der Waals surface area contributed by atoms with Crippen molar-refractivity contribution >= 4 is 29.4 Å². The van der Waals surface area contributed by atoms with Gasteiger partial charge in [0.2, 0.25) is 23.5 Å². The van der Waals surface area contributed by atoms with Gasteiger partial charge in [0, 0.05) is 75.5 Å². The normalized spacial score (nSPS) is 11.1. The first-order chi connectivity index (χ1) is 35.0. The number of nitrogen functional groups attached to an aromatic ring is 3. The molecule has 0 atom stereocenters. The number of ether oxygens (including phenoxy) is 10. The van der Waals surface area contributed by atoms with Crippen LogP contribution in [0.3, 0.4) is 0 Å². The lowest BCUT2D eigenvalue weighted by molar-refractivity contribution is -0.122. The molecule has 21 heteroatoms. The molecule has 72 heavy (non-hydrogen) atoms. The summed E-state index contributed by atoms with van der Waals surface area (Å²) in [6.07, 6.45) is 9.41. The molecular formula is C51H77N9O12. The van der Waals surface area contributed by atoms with E-state index in [2.05, 4.69) is 36.6 Å². The topological polar surface area (TPSA) is 280 Å². The average molecular weight is 1010 g/mol. The van der Waals surface area contributed by atoms with Gasteiger partial charge in [0.1, 0.15) is 17.5 Å². The largest absolute Gasteiger partial charge is 0.493 e. The number of benzene rings is 2. The molecule has 2 aromatic heterocycles. The summed E-state index contributed by atoms with van der Waals surface area (Å²) in [5.74, 6) is 4.42. The standard InChI is InChI=1S/C51H77N9O12/c1-36-28-38(29-40-34-57-37(2)59-49(40)52)31-42(63-3)47(36)71-18-8-6-12-45(61)55-14-10-16-66-20-22-68-24-26-70-27-25-69-23-21-67-17-11-15-56-46(62)13-7-9-19-72-48-43(64-4)32-39(33-44(48)65-5)30-41-35-58-51(54)60-50(41)53/h28,31-35H,6-27,29-30H2,1-5H3,(H,55,61)(H,56,62)(H2,52,57,59)(H4,53,54,58,60). The Morgan fingerprint density at radius 1 is 0.500 bits per heavy atom. The van der Waals surface area contributed by atoms with Gasteiger partial charge in [-0.2, -0.15) is 4.98 Å². The van der Waals surface area contributed by atoms with Crippen molar-refractivity contribution in [2.75, 3.05) is 131 Å². The van der Waals surface area contributed by atoms with Crippen molar-refractivity contribution in [3.63, 3.8) is 0 Å². The van der Waals surface area contributed by atoms with Crippen molar-refractivity contribution < 1.29 is 57.0 Å². The highest BCUT2D eigenvalue weighted by Gasteiger charge is 2.17. The fourth-order valence-electron chi connectivity index (χ4n) is 7.18. The van der Waals surface area contributed by atoms with Gasteiger partial charge in [0.05, 0.1) is 87.4 Å². The maximum atomic E-state index is 12.3. The molecule has 0 saturated carbocycles. The predicted octanol–water partition coefficient (Wildman–Crippen LogP) is 4.73. The van der Waals surface area contributed by atoms with E-state index in [-0.39, 0.29) is 17.8 Å². The number of carbonyl (C=O) groups is 2. The van der Waals surface area contributed by atoms with Crippen LogP contribution in [-0.2, 0) is 46.1 Å². The molecule has 21 nitrogen and oxygen atoms in total. The summed E-state index contributed by atoms with van der Waals surface area (Å²) in [4.78, 5) is 41.2. The van der Waals surface area contributed by atoms with Gasteiger partial charge in [0.15, 0.2) is 23.0 Å². The summed E-state index contributed by atoms with van der Waals surface area (Å²) < 4.78 is 56.7. The molecule has 2 amide bonds. The van der Waals surface area contributed by atoms with E-state index < -0.39 is 0 Å². The highest BCUT2D eigenvalue weighted by atomic mass is 16.6. The van der Waals surface area contributed by atoms with Gasteiger partial charge in [-0.25, -0.2) is 15.0 Å². The smallest absolute Gasteiger partial charge is 0.221 e. The number of aryl methyl sites for hydroxylation is 2. The van der Waals surface area contributed by atoms with Crippen LogP contribution in [0.2, 0.25) is 0 Å². The first kappa shape index (κ1) is 58.3. The molecule has 0 saturated heterocycles. The summed E-state index contributed by atoms with van der Waals surface area (Å²) in [5, 5.41) is 5.88. The zero-order chi connectivity index (χ0) is 51.8. The number of carbonyl (C=O) groups excluding carboxylic acids is 2. The maximum absolute atomic E-state index is 12.3. The first-order valence-corrected chi connectivity index (χ1v) is 24.6. The number of anilines is 3. The SMILES string of the molecule is COc1cc(Cc2cnc(C)nc2N)cc(C)c1OCCCCC(=O)NCCCOCCOCCOCCOCCOCCCNC(=O)CCCCOc1c(OC)cc(Cc2cnc(N)nc2N)cc1OC. The lowest BCUT2D eigenvalue weighted by Crippen LogP contribution is -2.25. The van der Waals surface area contributed by atoms with Crippen LogP contribution in [0, 0.1) is 13.8 Å². The number of unbranched alkanes of at least 4 members (excludes halogenated alkanes) is 2. The van der Waals surface area contributed by atoms with E-state index in [0.29, 0.717) is 196 Å². The highest BCUT2D eigenvalue weighted by molar-refractivity contribution is 5.76. The van der Waals surface area contributed by atoms with Crippen LogP contribution in [0.5, 0.6) is 28.7 Å². The van der Waals surface area contributed by atoms with E-state index in [1.807, 2.05) is 32.0 Å². The van der Waals surface area contributed by atoms with Gasteiger partial charge in [0.25, 0.3) is 0 Å². The van der Waals surface area contributed by atoms with Crippen molar-refractivity contribution in [2.45, 2.75) is 78.1 Å². The van der Waals surface area contributed by atoms with E-state index in [1.54, 1.807) is 33.7 Å². The number of amides is 2. The van der Waals surface area contributed by atoms with E-state index in [4.69, 9.17) is 64.6 Å². The quantitative estimate of drug-likeness (QED) is 0.0378. The Morgan fingerprint density at radius 3 is 1.38 bits per heavy atom. The van der Waals surface area contributed by atoms with Crippen molar-refractivity contribution in [1.82, 2.24) is 30.6 Å². The minimum Gasteiger partial charge on any atom is -0.493 e. The van der Waals surface area contributed by atoms with Crippen LogP contribution < -0.4 is 51.5 Å². The number of rotatable bonds is 39. The molecule has 8 N–H and O–H groups in total. The Bertz CT molecular complexity index is 2200. The number of nitrogens with zero attached hydrogens (tertiary/aromatic N) is 4. The Kier molecular flexibility index (Phi) is 27.7. The van der Waals surface area contributed by atoms with Gasteiger partial charge < -0.3 is 75.2 Å². The summed E-state index contributed by atoms with van der Waals surface area (Å²) in [7, 11) is 4.75. The first-order valence-electron chi connectivity index (χ1n) is 24.6. The monoisotopic (exact) mass is 1010 g/mol. The maximum Gasteiger partial charge on any atom is 0.221 e. The molecule has 398 valence electrons. The zero-order valence-electron chi connectivity index (χ0n) is 42.9. The Balaban J connectivity index is 0.867. The van der Waals surface area contributed by atoms with Gasteiger partial charge >= 0.3 is 0 Å². The number of nitrogens with two attached hydrogens (primary N) is 3. The number of nitrogens with one attached hydrogen (secondary N) is 2. The van der Waals surface area contributed by atoms with Gasteiger partial charge in [-0.1, -0.05) is 6.07 Å². The Labute approximate surface area is 423 Å². The molecule has 0 aliphatic rings. The molecule has 2 aromatic carbocycles. The molecule has 2 heterocycles. The van der Waals surface area contributed by atoms with Gasteiger partial charge in [-0.05, 0) is 87.3 Å². The van der Waals surface area contributed by atoms with Gasteiger partial charge in [-0.3, -0.25) is 9.59 Å². The third-order valence-electron chi connectivity index (χ3n) is 10.9. The number of aromatic nitrogens is 4.